The highest BCUT2D eigenvalue weighted by molar-refractivity contribution is 5.66. The van der Waals surface area contributed by atoms with E-state index in [4.69, 9.17) is 4.74 Å². The quantitative estimate of drug-likeness (QED) is 0.776. The SMILES string of the molecule is CC(=O)O[C@H](C)c1cccc([C@@H](C)O)c1. The topological polar surface area (TPSA) is 46.5 Å². The molecule has 1 rings (SSSR count). The maximum Gasteiger partial charge on any atom is 0.303 e. The summed E-state index contributed by atoms with van der Waals surface area (Å²) in [5.74, 6) is -0.301. The van der Waals surface area contributed by atoms with Gasteiger partial charge in [0.25, 0.3) is 0 Å². The van der Waals surface area contributed by atoms with Crippen molar-refractivity contribution in [3.8, 4) is 0 Å². The van der Waals surface area contributed by atoms with Gasteiger partial charge in [0, 0.05) is 6.92 Å². The molecule has 0 saturated carbocycles. The van der Waals surface area contributed by atoms with Crippen LogP contribution in [0.25, 0.3) is 0 Å². The average molecular weight is 208 g/mol. The molecule has 2 atom stereocenters. The minimum absolute atomic E-state index is 0.277. The average Bonchev–Trinajstić information content (AvgIpc) is 2.17. The van der Waals surface area contributed by atoms with E-state index in [1.165, 1.54) is 6.92 Å². The summed E-state index contributed by atoms with van der Waals surface area (Å²) in [6.45, 7) is 4.90. The number of hydrogen-bond acceptors (Lipinski definition) is 3. The normalized spacial score (nSPS) is 14.4. The van der Waals surface area contributed by atoms with Crippen molar-refractivity contribution in [2.24, 2.45) is 0 Å². The van der Waals surface area contributed by atoms with Crippen LogP contribution >= 0.6 is 0 Å². The third kappa shape index (κ3) is 3.36. The fourth-order valence-electron chi connectivity index (χ4n) is 1.39. The van der Waals surface area contributed by atoms with Crippen molar-refractivity contribution in [3.63, 3.8) is 0 Å². The Bertz CT molecular complexity index is 344. The Balaban J connectivity index is 2.85. The second kappa shape index (κ2) is 4.94. The second-order valence-corrected chi connectivity index (χ2v) is 3.60. The minimum Gasteiger partial charge on any atom is -0.458 e. The van der Waals surface area contributed by atoms with Gasteiger partial charge in [-0.2, -0.15) is 0 Å². The predicted molar refractivity (Wildman–Crippen MR) is 57.3 cm³/mol. The molecule has 1 aromatic rings. The second-order valence-electron chi connectivity index (χ2n) is 3.60. The molecule has 0 heterocycles. The highest BCUT2D eigenvalue weighted by Gasteiger charge is 2.10. The molecule has 3 nitrogen and oxygen atoms in total. The molecule has 1 N–H and O–H groups in total. The van der Waals surface area contributed by atoms with E-state index in [1.807, 2.05) is 31.2 Å². The van der Waals surface area contributed by atoms with Gasteiger partial charge in [0.2, 0.25) is 0 Å². The molecule has 0 aromatic heterocycles. The van der Waals surface area contributed by atoms with Gasteiger partial charge in [-0.15, -0.1) is 0 Å². The highest BCUT2D eigenvalue weighted by atomic mass is 16.5. The van der Waals surface area contributed by atoms with Crippen LogP contribution in [0.4, 0.5) is 0 Å². The van der Waals surface area contributed by atoms with E-state index < -0.39 is 6.10 Å². The minimum atomic E-state index is -0.505. The molecule has 0 aliphatic heterocycles. The summed E-state index contributed by atoms with van der Waals surface area (Å²) in [4.78, 5) is 10.8. The molecule has 0 aliphatic carbocycles. The largest absolute Gasteiger partial charge is 0.458 e. The molecule has 3 heteroatoms. The fraction of sp³-hybridized carbons (Fsp3) is 0.417. The summed E-state index contributed by atoms with van der Waals surface area (Å²) in [7, 11) is 0. The molecule has 0 saturated heterocycles. The Morgan fingerprint density at radius 1 is 1.33 bits per heavy atom. The number of hydrogen-bond donors (Lipinski definition) is 1. The van der Waals surface area contributed by atoms with Crippen LogP contribution in [0.2, 0.25) is 0 Å². The van der Waals surface area contributed by atoms with Crippen molar-refractivity contribution in [3.05, 3.63) is 35.4 Å². The first-order chi connectivity index (χ1) is 7.00. The summed E-state index contributed by atoms with van der Waals surface area (Å²) in [6.07, 6.45) is -0.782. The number of esters is 1. The third-order valence-corrected chi connectivity index (χ3v) is 2.21. The Morgan fingerprint density at radius 2 is 1.93 bits per heavy atom. The van der Waals surface area contributed by atoms with Gasteiger partial charge in [-0.3, -0.25) is 4.79 Å². The van der Waals surface area contributed by atoms with Crippen LogP contribution in [-0.2, 0) is 9.53 Å². The van der Waals surface area contributed by atoms with E-state index in [2.05, 4.69) is 0 Å². The van der Waals surface area contributed by atoms with E-state index in [9.17, 15) is 9.90 Å². The first-order valence-electron chi connectivity index (χ1n) is 4.96. The molecular formula is C12H16O3. The number of ether oxygens (including phenoxy) is 1. The molecule has 0 aliphatic rings. The van der Waals surface area contributed by atoms with Gasteiger partial charge in [-0.05, 0) is 31.0 Å². The number of carbonyl (C=O) groups excluding carboxylic acids is 1. The molecule has 0 spiro atoms. The predicted octanol–water partition coefficient (Wildman–Crippen LogP) is 2.36. The van der Waals surface area contributed by atoms with Crippen LogP contribution in [0.3, 0.4) is 0 Å². The van der Waals surface area contributed by atoms with Gasteiger partial charge in [0.15, 0.2) is 0 Å². The Labute approximate surface area is 89.7 Å². The van der Waals surface area contributed by atoms with E-state index in [-0.39, 0.29) is 12.1 Å². The zero-order valence-electron chi connectivity index (χ0n) is 9.23. The monoisotopic (exact) mass is 208 g/mol. The molecule has 15 heavy (non-hydrogen) atoms. The summed E-state index contributed by atoms with van der Waals surface area (Å²) in [5, 5.41) is 9.40. The fourth-order valence-corrected chi connectivity index (χ4v) is 1.39. The van der Waals surface area contributed by atoms with Crippen LogP contribution in [0.5, 0.6) is 0 Å². The maximum atomic E-state index is 10.8. The lowest BCUT2D eigenvalue weighted by atomic mass is 10.0. The van der Waals surface area contributed by atoms with E-state index in [0.29, 0.717) is 0 Å². The van der Waals surface area contributed by atoms with Gasteiger partial charge in [-0.25, -0.2) is 0 Å². The van der Waals surface area contributed by atoms with Crippen LogP contribution in [0.15, 0.2) is 24.3 Å². The molecule has 0 bridgehead atoms. The van der Waals surface area contributed by atoms with Gasteiger partial charge in [-0.1, -0.05) is 18.2 Å². The lowest BCUT2D eigenvalue weighted by Gasteiger charge is -2.14. The zero-order valence-corrected chi connectivity index (χ0v) is 9.23. The van der Waals surface area contributed by atoms with Crippen molar-refractivity contribution in [1.82, 2.24) is 0 Å². The standard InChI is InChI=1S/C12H16O3/c1-8(13)11-5-4-6-12(7-11)9(2)15-10(3)14/h4-9,13H,1-3H3/t8-,9-/m1/s1. The number of benzene rings is 1. The molecule has 0 fully saturated rings. The van der Waals surface area contributed by atoms with E-state index in [0.717, 1.165) is 11.1 Å². The molecule has 1 aromatic carbocycles. The smallest absolute Gasteiger partial charge is 0.303 e. The van der Waals surface area contributed by atoms with Crippen molar-refractivity contribution in [2.75, 3.05) is 0 Å². The molecular weight excluding hydrogens is 192 g/mol. The number of aliphatic hydroxyl groups excluding tert-OH is 1. The van der Waals surface area contributed by atoms with Gasteiger partial charge < -0.3 is 9.84 Å². The molecule has 82 valence electrons. The lowest BCUT2D eigenvalue weighted by Crippen LogP contribution is -2.05. The van der Waals surface area contributed by atoms with E-state index in [1.54, 1.807) is 6.92 Å². The number of aliphatic hydroxyl groups is 1. The van der Waals surface area contributed by atoms with Crippen molar-refractivity contribution in [2.45, 2.75) is 33.0 Å². The molecule has 0 amide bonds. The van der Waals surface area contributed by atoms with Gasteiger partial charge in [0.05, 0.1) is 6.10 Å². The highest BCUT2D eigenvalue weighted by Crippen LogP contribution is 2.21. The lowest BCUT2D eigenvalue weighted by molar-refractivity contribution is -0.145. The van der Waals surface area contributed by atoms with Crippen LogP contribution < -0.4 is 0 Å². The summed E-state index contributed by atoms with van der Waals surface area (Å²) in [5.41, 5.74) is 1.72. The Hall–Kier alpha value is -1.35. The summed E-state index contributed by atoms with van der Waals surface area (Å²) < 4.78 is 5.05. The Morgan fingerprint density at radius 3 is 2.47 bits per heavy atom. The zero-order chi connectivity index (χ0) is 11.4. The van der Waals surface area contributed by atoms with Crippen LogP contribution in [0, 0.1) is 0 Å². The van der Waals surface area contributed by atoms with Crippen LogP contribution in [0.1, 0.15) is 44.1 Å². The van der Waals surface area contributed by atoms with Gasteiger partial charge in [0.1, 0.15) is 6.10 Å². The van der Waals surface area contributed by atoms with Crippen LogP contribution in [-0.4, -0.2) is 11.1 Å². The van der Waals surface area contributed by atoms with Crippen molar-refractivity contribution in [1.29, 1.82) is 0 Å². The van der Waals surface area contributed by atoms with Crippen molar-refractivity contribution >= 4 is 5.97 Å². The summed E-state index contributed by atoms with van der Waals surface area (Å²) >= 11 is 0. The first-order valence-corrected chi connectivity index (χ1v) is 4.96. The van der Waals surface area contributed by atoms with E-state index >= 15 is 0 Å². The molecule has 0 unspecified atom stereocenters. The maximum absolute atomic E-state index is 10.8. The Kier molecular flexibility index (Phi) is 3.86. The summed E-state index contributed by atoms with van der Waals surface area (Å²) in [6, 6.07) is 7.41. The first kappa shape index (κ1) is 11.7. The van der Waals surface area contributed by atoms with Crippen molar-refractivity contribution < 1.29 is 14.6 Å². The number of carbonyl (C=O) groups is 1. The number of rotatable bonds is 3. The van der Waals surface area contributed by atoms with Gasteiger partial charge >= 0.3 is 5.97 Å². The molecule has 0 radical (unpaired) electrons. The third-order valence-electron chi connectivity index (χ3n) is 2.21.